The number of nitrogens with one attached hydrogen (secondary N) is 1. The number of benzene rings is 2. The molecule has 126 valence electrons. The fourth-order valence-electron chi connectivity index (χ4n) is 2.59. The van der Waals surface area contributed by atoms with Gasteiger partial charge in [-0.05, 0) is 42.0 Å². The Bertz CT molecular complexity index is 722. The van der Waals surface area contributed by atoms with Gasteiger partial charge in [0, 0.05) is 58.2 Å². The van der Waals surface area contributed by atoms with Crippen molar-refractivity contribution < 1.29 is 9.00 Å². The van der Waals surface area contributed by atoms with Gasteiger partial charge in [0.05, 0.1) is 0 Å². The molecule has 1 heterocycles. The van der Waals surface area contributed by atoms with Crippen LogP contribution in [0.5, 0.6) is 0 Å². The fraction of sp³-hybridized carbons (Fsp3) is 0.278. The van der Waals surface area contributed by atoms with Gasteiger partial charge in [-0.3, -0.25) is 13.9 Å². The molecule has 1 aliphatic heterocycles. The molecule has 4 nitrogen and oxygen atoms in total. The zero-order valence-corrected chi connectivity index (χ0v) is 14.8. The summed E-state index contributed by atoms with van der Waals surface area (Å²) in [6.45, 7) is 2.56. The van der Waals surface area contributed by atoms with E-state index in [2.05, 4.69) is 10.2 Å². The van der Waals surface area contributed by atoms with E-state index < -0.39 is 10.8 Å². The lowest BCUT2D eigenvalue weighted by Gasteiger charge is -2.26. The van der Waals surface area contributed by atoms with Crippen LogP contribution in [-0.2, 0) is 17.3 Å². The largest absolute Gasteiger partial charge is 0.322 e. The van der Waals surface area contributed by atoms with E-state index in [0.29, 0.717) is 10.6 Å². The second-order valence-electron chi connectivity index (χ2n) is 5.78. The van der Waals surface area contributed by atoms with Gasteiger partial charge < -0.3 is 5.32 Å². The summed E-state index contributed by atoms with van der Waals surface area (Å²) in [5, 5.41) is 3.49. The van der Waals surface area contributed by atoms with Crippen LogP contribution in [0, 0.1) is 0 Å². The number of hydrogen-bond acceptors (Lipinski definition) is 3. The molecule has 2 aromatic carbocycles. The SMILES string of the molecule is O=C(Nc1ccc(Cl)cc1)c1ccc(CN2CCS(=O)CC2)cc1. The van der Waals surface area contributed by atoms with Crippen molar-refractivity contribution in [3.63, 3.8) is 0 Å². The number of amides is 1. The Hall–Kier alpha value is -1.69. The second kappa shape index (κ2) is 7.92. The Balaban J connectivity index is 1.58. The maximum Gasteiger partial charge on any atom is 0.255 e. The number of rotatable bonds is 4. The van der Waals surface area contributed by atoms with Gasteiger partial charge in [0.1, 0.15) is 0 Å². The predicted octanol–water partition coefficient (Wildman–Crippen LogP) is 3.16. The highest BCUT2D eigenvalue weighted by Gasteiger charge is 2.15. The molecule has 0 saturated carbocycles. The van der Waals surface area contributed by atoms with Crippen LogP contribution in [0.25, 0.3) is 0 Å². The highest BCUT2D eigenvalue weighted by molar-refractivity contribution is 7.85. The standard InChI is InChI=1S/C18H19ClN2O2S/c19-16-5-7-17(8-6-16)20-18(22)15-3-1-14(2-4-15)13-21-9-11-24(23)12-10-21/h1-8H,9-13H2,(H,20,22). The molecular weight excluding hydrogens is 344 g/mol. The summed E-state index contributed by atoms with van der Waals surface area (Å²) in [5.41, 5.74) is 2.49. The number of anilines is 1. The lowest BCUT2D eigenvalue weighted by molar-refractivity contribution is 0.102. The van der Waals surface area contributed by atoms with Crippen molar-refractivity contribution in [3.8, 4) is 0 Å². The fourth-order valence-corrected chi connectivity index (χ4v) is 3.84. The summed E-state index contributed by atoms with van der Waals surface area (Å²) in [4.78, 5) is 14.5. The summed E-state index contributed by atoms with van der Waals surface area (Å²) in [7, 11) is -0.653. The summed E-state index contributed by atoms with van der Waals surface area (Å²) >= 11 is 5.84. The molecule has 1 N–H and O–H groups in total. The number of hydrogen-bond donors (Lipinski definition) is 1. The maximum absolute atomic E-state index is 12.2. The molecule has 24 heavy (non-hydrogen) atoms. The smallest absolute Gasteiger partial charge is 0.255 e. The van der Waals surface area contributed by atoms with Gasteiger partial charge in [-0.15, -0.1) is 0 Å². The molecular formula is C18H19ClN2O2S. The molecule has 0 radical (unpaired) electrons. The van der Waals surface area contributed by atoms with E-state index in [-0.39, 0.29) is 5.91 Å². The van der Waals surface area contributed by atoms with Gasteiger partial charge in [0.25, 0.3) is 5.91 Å². The monoisotopic (exact) mass is 362 g/mol. The van der Waals surface area contributed by atoms with Gasteiger partial charge in [-0.1, -0.05) is 23.7 Å². The van der Waals surface area contributed by atoms with Crippen molar-refractivity contribution in [1.29, 1.82) is 0 Å². The minimum Gasteiger partial charge on any atom is -0.322 e. The van der Waals surface area contributed by atoms with E-state index in [1.54, 1.807) is 24.3 Å². The van der Waals surface area contributed by atoms with E-state index in [4.69, 9.17) is 11.6 Å². The van der Waals surface area contributed by atoms with Crippen molar-refractivity contribution in [1.82, 2.24) is 4.90 Å². The van der Waals surface area contributed by atoms with Crippen molar-refractivity contribution in [2.75, 3.05) is 29.9 Å². The molecule has 6 heteroatoms. The predicted molar refractivity (Wildman–Crippen MR) is 99.0 cm³/mol. The Morgan fingerprint density at radius 1 is 1.04 bits per heavy atom. The van der Waals surface area contributed by atoms with E-state index >= 15 is 0 Å². The van der Waals surface area contributed by atoms with Crippen molar-refractivity contribution in [2.45, 2.75) is 6.54 Å². The molecule has 2 aromatic rings. The minimum atomic E-state index is -0.653. The lowest BCUT2D eigenvalue weighted by Crippen LogP contribution is -2.37. The third kappa shape index (κ3) is 4.66. The Kier molecular flexibility index (Phi) is 5.66. The van der Waals surface area contributed by atoms with Crippen LogP contribution in [0.1, 0.15) is 15.9 Å². The Labute approximate surface area is 149 Å². The molecule has 0 bridgehead atoms. The Morgan fingerprint density at radius 3 is 2.29 bits per heavy atom. The van der Waals surface area contributed by atoms with Crippen LogP contribution in [0.4, 0.5) is 5.69 Å². The van der Waals surface area contributed by atoms with Crippen molar-refractivity contribution in [3.05, 3.63) is 64.7 Å². The highest BCUT2D eigenvalue weighted by atomic mass is 35.5. The zero-order chi connectivity index (χ0) is 16.9. The highest BCUT2D eigenvalue weighted by Crippen LogP contribution is 2.15. The van der Waals surface area contributed by atoms with E-state index in [1.165, 1.54) is 0 Å². The van der Waals surface area contributed by atoms with Gasteiger partial charge in [0.15, 0.2) is 0 Å². The van der Waals surface area contributed by atoms with Crippen LogP contribution in [0.2, 0.25) is 5.02 Å². The molecule has 1 aliphatic rings. The number of carbonyl (C=O) groups excluding carboxylic acids is 1. The second-order valence-corrected chi connectivity index (χ2v) is 7.91. The molecule has 1 saturated heterocycles. The third-order valence-electron chi connectivity index (χ3n) is 3.99. The average Bonchev–Trinajstić information content (AvgIpc) is 2.59. The molecule has 1 amide bonds. The van der Waals surface area contributed by atoms with E-state index in [0.717, 1.165) is 42.4 Å². The molecule has 0 atom stereocenters. The van der Waals surface area contributed by atoms with Crippen LogP contribution in [0.3, 0.4) is 0 Å². The van der Waals surface area contributed by atoms with Gasteiger partial charge in [0.2, 0.25) is 0 Å². The maximum atomic E-state index is 12.2. The number of halogens is 1. The van der Waals surface area contributed by atoms with Crippen LogP contribution < -0.4 is 5.32 Å². The lowest BCUT2D eigenvalue weighted by atomic mass is 10.1. The van der Waals surface area contributed by atoms with Crippen LogP contribution in [-0.4, -0.2) is 39.6 Å². The first-order valence-electron chi connectivity index (χ1n) is 7.83. The molecule has 1 fully saturated rings. The molecule has 0 unspecified atom stereocenters. The summed E-state index contributed by atoms with van der Waals surface area (Å²) in [6.07, 6.45) is 0. The number of carbonyl (C=O) groups is 1. The minimum absolute atomic E-state index is 0.141. The summed E-state index contributed by atoms with van der Waals surface area (Å²) < 4.78 is 11.4. The normalized spacial score (nSPS) is 16.0. The first-order chi connectivity index (χ1) is 11.6. The van der Waals surface area contributed by atoms with Gasteiger partial charge in [-0.25, -0.2) is 0 Å². The van der Waals surface area contributed by atoms with E-state index in [1.807, 2.05) is 24.3 Å². The third-order valence-corrected chi connectivity index (χ3v) is 5.52. The molecule has 3 rings (SSSR count). The quantitative estimate of drug-likeness (QED) is 0.908. The average molecular weight is 363 g/mol. The van der Waals surface area contributed by atoms with E-state index in [9.17, 15) is 9.00 Å². The summed E-state index contributed by atoms with van der Waals surface area (Å²) in [5.74, 6) is 1.36. The molecule has 0 aromatic heterocycles. The molecule has 0 aliphatic carbocycles. The Morgan fingerprint density at radius 2 is 1.67 bits per heavy atom. The van der Waals surface area contributed by atoms with Gasteiger partial charge >= 0.3 is 0 Å². The first-order valence-corrected chi connectivity index (χ1v) is 9.70. The van der Waals surface area contributed by atoms with Crippen molar-refractivity contribution >= 4 is 34.0 Å². The van der Waals surface area contributed by atoms with Crippen LogP contribution >= 0.6 is 11.6 Å². The first kappa shape index (κ1) is 17.1. The zero-order valence-electron chi connectivity index (χ0n) is 13.2. The number of nitrogens with zero attached hydrogens (tertiary/aromatic N) is 1. The topological polar surface area (TPSA) is 49.4 Å². The van der Waals surface area contributed by atoms with Gasteiger partial charge in [-0.2, -0.15) is 0 Å². The summed E-state index contributed by atoms with van der Waals surface area (Å²) in [6, 6.07) is 14.7. The van der Waals surface area contributed by atoms with Crippen molar-refractivity contribution in [2.24, 2.45) is 0 Å². The van der Waals surface area contributed by atoms with Crippen LogP contribution in [0.15, 0.2) is 48.5 Å². The molecule has 0 spiro atoms.